The molecule has 0 aliphatic carbocycles. The van der Waals surface area contributed by atoms with E-state index < -0.39 is 0 Å². The van der Waals surface area contributed by atoms with Crippen molar-refractivity contribution in [1.29, 1.82) is 0 Å². The molecule has 0 unspecified atom stereocenters. The van der Waals surface area contributed by atoms with Crippen LogP contribution in [0.25, 0.3) is 0 Å². The Hall–Kier alpha value is -2.82. The molecule has 5 nitrogen and oxygen atoms in total. The van der Waals surface area contributed by atoms with Crippen molar-refractivity contribution in [2.75, 3.05) is 25.0 Å². The highest BCUT2D eigenvalue weighted by atomic mass is 16.5. The average molecular weight is 366 g/mol. The molecule has 1 fully saturated rings. The Bertz CT molecular complexity index is 793. The van der Waals surface area contributed by atoms with E-state index in [9.17, 15) is 9.59 Å². The van der Waals surface area contributed by atoms with Gasteiger partial charge in [-0.15, -0.1) is 0 Å². The summed E-state index contributed by atoms with van der Waals surface area (Å²) in [5, 5.41) is 2.80. The normalized spacial score (nSPS) is 13.7. The number of nitrogens with one attached hydrogen (secondary N) is 1. The van der Waals surface area contributed by atoms with E-state index in [1.165, 1.54) is 5.56 Å². The molecule has 2 aromatic carbocycles. The van der Waals surface area contributed by atoms with Gasteiger partial charge in [-0.25, -0.2) is 0 Å². The van der Waals surface area contributed by atoms with Crippen LogP contribution in [0.2, 0.25) is 0 Å². The molecule has 0 spiro atoms. The Balaban J connectivity index is 1.60. The molecule has 0 bridgehead atoms. The maximum absolute atomic E-state index is 12.7. The summed E-state index contributed by atoms with van der Waals surface area (Å²) >= 11 is 0. The lowest BCUT2D eigenvalue weighted by molar-refractivity contribution is -0.118. The van der Waals surface area contributed by atoms with Crippen LogP contribution in [0.1, 0.15) is 48.5 Å². The zero-order valence-electron chi connectivity index (χ0n) is 15.9. The quantitative estimate of drug-likeness (QED) is 0.839. The number of carbonyl (C=O) groups excluding carboxylic acids is 2. The summed E-state index contributed by atoms with van der Waals surface area (Å²) in [5.74, 6) is 0.779. The van der Waals surface area contributed by atoms with Gasteiger partial charge < -0.3 is 15.0 Å². The summed E-state index contributed by atoms with van der Waals surface area (Å²) < 4.78 is 5.57. The van der Waals surface area contributed by atoms with Gasteiger partial charge in [0.1, 0.15) is 5.75 Å². The first-order valence-electron chi connectivity index (χ1n) is 9.45. The van der Waals surface area contributed by atoms with E-state index in [2.05, 4.69) is 19.2 Å². The van der Waals surface area contributed by atoms with E-state index in [0.717, 1.165) is 25.9 Å². The van der Waals surface area contributed by atoms with Crippen molar-refractivity contribution in [3.63, 3.8) is 0 Å². The molecule has 1 aliphatic heterocycles. The van der Waals surface area contributed by atoms with Crippen LogP contribution < -0.4 is 10.1 Å². The second-order valence-corrected chi connectivity index (χ2v) is 7.11. The number of benzene rings is 2. The molecule has 1 N–H and O–H groups in total. The SMILES string of the molecule is CC(C)c1ccc(OCC(=O)Nc2ccccc2C(=O)N2CCCC2)cc1. The third-order valence-corrected chi connectivity index (χ3v) is 4.74. The number of carbonyl (C=O) groups is 2. The van der Waals surface area contributed by atoms with Gasteiger partial charge in [-0.05, 0) is 48.6 Å². The zero-order valence-corrected chi connectivity index (χ0v) is 15.9. The van der Waals surface area contributed by atoms with Crippen LogP contribution in [-0.2, 0) is 4.79 Å². The van der Waals surface area contributed by atoms with Crippen LogP contribution >= 0.6 is 0 Å². The van der Waals surface area contributed by atoms with Gasteiger partial charge in [0.05, 0.1) is 11.3 Å². The summed E-state index contributed by atoms with van der Waals surface area (Å²) in [6.45, 7) is 5.70. The minimum atomic E-state index is -0.287. The van der Waals surface area contributed by atoms with Crippen molar-refractivity contribution >= 4 is 17.5 Å². The van der Waals surface area contributed by atoms with Crippen LogP contribution in [-0.4, -0.2) is 36.4 Å². The largest absolute Gasteiger partial charge is 0.484 e. The van der Waals surface area contributed by atoms with Gasteiger partial charge in [0, 0.05) is 13.1 Å². The first-order valence-corrected chi connectivity index (χ1v) is 9.45. The molecule has 142 valence electrons. The molecule has 2 aromatic rings. The lowest BCUT2D eigenvalue weighted by Gasteiger charge is -2.18. The highest BCUT2D eigenvalue weighted by Crippen LogP contribution is 2.21. The Kier molecular flexibility index (Phi) is 6.12. The monoisotopic (exact) mass is 366 g/mol. The molecule has 27 heavy (non-hydrogen) atoms. The average Bonchev–Trinajstić information content (AvgIpc) is 3.21. The highest BCUT2D eigenvalue weighted by molar-refractivity contribution is 6.04. The van der Waals surface area contributed by atoms with Crippen molar-refractivity contribution in [2.45, 2.75) is 32.6 Å². The number of para-hydroxylation sites is 1. The third kappa shape index (κ3) is 4.88. The minimum Gasteiger partial charge on any atom is -0.484 e. The van der Waals surface area contributed by atoms with Crippen LogP contribution in [0.4, 0.5) is 5.69 Å². The Morgan fingerprint density at radius 3 is 2.37 bits per heavy atom. The molecule has 2 amide bonds. The van der Waals surface area contributed by atoms with Crippen molar-refractivity contribution in [2.24, 2.45) is 0 Å². The summed E-state index contributed by atoms with van der Waals surface area (Å²) in [6, 6.07) is 14.9. The number of nitrogens with zero attached hydrogens (tertiary/aromatic N) is 1. The first kappa shape index (κ1) is 19.0. The molecule has 0 atom stereocenters. The molecular formula is C22H26N2O3. The molecular weight excluding hydrogens is 340 g/mol. The predicted octanol–water partition coefficient (Wildman–Crippen LogP) is 4.06. The van der Waals surface area contributed by atoms with Gasteiger partial charge in [0.25, 0.3) is 11.8 Å². The molecule has 1 saturated heterocycles. The molecule has 5 heteroatoms. The van der Waals surface area contributed by atoms with E-state index in [1.807, 2.05) is 41.3 Å². The Morgan fingerprint density at radius 1 is 1.04 bits per heavy atom. The van der Waals surface area contributed by atoms with Gasteiger partial charge in [-0.1, -0.05) is 38.1 Å². The van der Waals surface area contributed by atoms with Crippen LogP contribution in [0.3, 0.4) is 0 Å². The van der Waals surface area contributed by atoms with E-state index in [1.54, 1.807) is 12.1 Å². The summed E-state index contributed by atoms with van der Waals surface area (Å²) in [5.41, 5.74) is 2.27. The van der Waals surface area contributed by atoms with Gasteiger partial charge in [0.2, 0.25) is 0 Å². The summed E-state index contributed by atoms with van der Waals surface area (Å²) in [4.78, 5) is 26.8. The number of hydrogen-bond acceptors (Lipinski definition) is 3. The second kappa shape index (κ2) is 8.71. The molecule has 1 aliphatic rings. The fraction of sp³-hybridized carbons (Fsp3) is 0.364. The number of anilines is 1. The topological polar surface area (TPSA) is 58.6 Å². The third-order valence-electron chi connectivity index (χ3n) is 4.74. The molecule has 0 saturated carbocycles. The standard InChI is InChI=1S/C22H26N2O3/c1-16(2)17-9-11-18(12-10-17)27-15-21(25)23-20-8-4-3-7-19(20)22(26)24-13-5-6-14-24/h3-4,7-12,16H,5-6,13-15H2,1-2H3,(H,23,25). The predicted molar refractivity (Wildman–Crippen MR) is 106 cm³/mol. The lowest BCUT2D eigenvalue weighted by atomic mass is 10.0. The minimum absolute atomic E-state index is 0.0337. The van der Waals surface area contributed by atoms with Crippen molar-refractivity contribution in [3.05, 3.63) is 59.7 Å². The zero-order chi connectivity index (χ0) is 19.2. The smallest absolute Gasteiger partial charge is 0.262 e. The summed E-state index contributed by atoms with van der Waals surface area (Å²) in [6.07, 6.45) is 2.06. The van der Waals surface area contributed by atoms with Crippen LogP contribution in [0.5, 0.6) is 5.75 Å². The molecule has 3 rings (SSSR count). The number of likely N-dealkylation sites (tertiary alicyclic amines) is 1. The number of rotatable bonds is 6. The number of amides is 2. The molecule has 1 heterocycles. The fourth-order valence-electron chi connectivity index (χ4n) is 3.15. The summed E-state index contributed by atoms with van der Waals surface area (Å²) in [7, 11) is 0. The number of ether oxygens (including phenoxy) is 1. The van der Waals surface area contributed by atoms with E-state index in [4.69, 9.17) is 4.74 Å². The van der Waals surface area contributed by atoms with E-state index in [0.29, 0.717) is 22.9 Å². The Morgan fingerprint density at radius 2 is 1.70 bits per heavy atom. The van der Waals surface area contributed by atoms with Gasteiger partial charge in [-0.3, -0.25) is 9.59 Å². The molecule has 0 radical (unpaired) electrons. The van der Waals surface area contributed by atoms with Gasteiger partial charge >= 0.3 is 0 Å². The van der Waals surface area contributed by atoms with Crippen LogP contribution in [0, 0.1) is 0 Å². The van der Waals surface area contributed by atoms with Crippen molar-refractivity contribution in [1.82, 2.24) is 4.90 Å². The van der Waals surface area contributed by atoms with Crippen molar-refractivity contribution < 1.29 is 14.3 Å². The first-order chi connectivity index (χ1) is 13.0. The fourth-order valence-corrected chi connectivity index (χ4v) is 3.15. The molecule has 0 aromatic heterocycles. The number of hydrogen-bond donors (Lipinski definition) is 1. The van der Waals surface area contributed by atoms with E-state index in [-0.39, 0.29) is 18.4 Å². The second-order valence-electron chi connectivity index (χ2n) is 7.11. The van der Waals surface area contributed by atoms with Crippen LogP contribution in [0.15, 0.2) is 48.5 Å². The maximum atomic E-state index is 12.7. The van der Waals surface area contributed by atoms with Gasteiger partial charge in [-0.2, -0.15) is 0 Å². The Labute approximate surface area is 160 Å². The maximum Gasteiger partial charge on any atom is 0.262 e. The van der Waals surface area contributed by atoms with E-state index >= 15 is 0 Å². The highest BCUT2D eigenvalue weighted by Gasteiger charge is 2.22. The van der Waals surface area contributed by atoms with Gasteiger partial charge in [0.15, 0.2) is 6.61 Å². The lowest BCUT2D eigenvalue weighted by Crippen LogP contribution is -2.29. The van der Waals surface area contributed by atoms with Crippen molar-refractivity contribution in [3.8, 4) is 5.75 Å².